The molecule has 0 aliphatic heterocycles. The molecule has 1 atom stereocenters. The maximum Gasteiger partial charge on any atom is 0.360 e. The molecule has 1 aromatic carbocycles. The summed E-state index contributed by atoms with van der Waals surface area (Å²) in [4.78, 5) is 16.6. The van der Waals surface area contributed by atoms with Crippen LogP contribution in [0.5, 0.6) is 0 Å². The quantitative estimate of drug-likeness (QED) is 0.290. The van der Waals surface area contributed by atoms with Crippen LogP contribution in [0.4, 0.5) is 0 Å². The number of carbonyl (C=O) groups is 1. The number of aromatic nitrogens is 2. The van der Waals surface area contributed by atoms with E-state index in [4.69, 9.17) is 9.15 Å². The van der Waals surface area contributed by atoms with Crippen molar-refractivity contribution in [2.24, 2.45) is 5.92 Å². The second-order valence-electron chi connectivity index (χ2n) is 13.1. The first-order chi connectivity index (χ1) is 18.8. The number of esters is 1. The molecule has 0 saturated heterocycles. The SMILES string of the molecule is COC(=O)c1coc(CNS(=O)c2cc(-c3cc(C(C)(C)C)cc(C(C)(C)C)c3)n(CC3CCCCC3)c2C)n1. The zero-order valence-electron chi connectivity index (χ0n) is 25.3. The van der Waals surface area contributed by atoms with Gasteiger partial charge >= 0.3 is 5.97 Å². The van der Waals surface area contributed by atoms with E-state index in [2.05, 4.69) is 87.0 Å². The van der Waals surface area contributed by atoms with Crippen molar-refractivity contribution in [2.75, 3.05) is 7.11 Å². The Morgan fingerprint density at radius 1 is 1.05 bits per heavy atom. The fraction of sp³-hybridized carbons (Fsp3) is 0.562. The summed E-state index contributed by atoms with van der Waals surface area (Å²) in [5.74, 6) is 0.328. The molecule has 218 valence electrons. The van der Waals surface area contributed by atoms with Crippen molar-refractivity contribution >= 4 is 17.0 Å². The van der Waals surface area contributed by atoms with Crippen LogP contribution in [0, 0.1) is 12.8 Å². The normalized spacial score (nSPS) is 15.8. The molecule has 2 aromatic heterocycles. The summed E-state index contributed by atoms with van der Waals surface area (Å²) in [6, 6.07) is 9.04. The predicted octanol–water partition coefficient (Wildman–Crippen LogP) is 7.23. The number of nitrogens with zero attached hydrogens (tertiary/aromatic N) is 2. The van der Waals surface area contributed by atoms with E-state index in [1.54, 1.807) is 0 Å². The lowest BCUT2D eigenvalue weighted by atomic mass is 9.79. The maximum atomic E-state index is 13.6. The third-order valence-corrected chi connectivity index (χ3v) is 9.17. The van der Waals surface area contributed by atoms with E-state index in [-0.39, 0.29) is 29.0 Å². The molecule has 1 aliphatic carbocycles. The molecule has 0 amide bonds. The third kappa shape index (κ3) is 6.95. The van der Waals surface area contributed by atoms with Gasteiger partial charge in [-0.25, -0.2) is 18.7 Å². The Morgan fingerprint density at radius 3 is 2.25 bits per heavy atom. The molecule has 0 spiro atoms. The van der Waals surface area contributed by atoms with Gasteiger partial charge in [0.2, 0.25) is 5.89 Å². The highest BCUT2D eigenvalue weighted by Gasteiger charge is 2.25. The highest BCUT2D eigenvalue weighted by atomic mass is 32.2. The van der Waals surface area contributed by atoms with Crippen LogP contribution in [-0.2, 0) is 39.6 Å². The van der Waals surface area contributed by atoms with Gasteiger partial charge < -0.3 is 13.7 Å². The van der Waals surface area contributed by atoms with Gasteiger partial charge in [-0.2, -0.15) is 0 Å². The molecule has 4 rings (SSSR count). The monoisotopic (exact) mass is 567 g/mol. The summed E-state index contributed by atoms with van der Waals surface area (Å²) in [7, 11) is -0.205. The number of ether oxygens (including phenoxy) is 1. The van der Waals surface area contributed by atoms with Gasteiger partial charge in [-0.05, 0) is 71.4 Å². The van der Waals surface area contributed by atoms with Crippen molar-refractivity contribution in [3.63, 3.8) is 0 Å². The molecule has 40 heavy (non-hydrogen) atoms. The lowest BCUT2D eigenvalue weighted by molar-refractivity contribution is 0.0594. The first-order valence-electron chi connectivity index (χ1n) is 14.3. The van der Waals surface area contributed by atoms with Crippen molar-refractivity contribution < 1.29 is 18.2 Å². The summed E-state index contributed by atoms with van der Waals surface area (Å²) in [6.07, 6.45) is 7.58. The van der Waals surface area contributed by atoms with E-state index in [0.717, 1.165) is 28.4 Å². The van der Waals surface area contributed by atoms with Crippen LogP contribution >= 0.6 is 0 Å². The Labute approximate surface area is 241 Å². The number of methoxy groups -OCH3 is 1. The molecule has 1 N–H and O–H groups in total. The van der Waals surface area contributed by atoms with Gasteiger partial charge in [-0.1, -0.05) is 66.9 Å². The average Bonchev–Trinajstić information content (AvgIpc) is 3.51. The van der Waals surface area contributed by atoms with Gasteiger partial charge in [0.25, 0.3) is 0 Å². The minimum Gasteiger partial charge on any atom is -0.464 e. The van der Waals surface area contributed by atoms with Gasteiger partial charge in [0.1, 0.15) is 17.2 Å². The van der Waals surface area contributed by atoms with E-state index in [9.17, 15) is 9.00 Å². The van der Waals surface area contributed by atoms with Crippen molar-refractivity contribution in [3.8, 4) is 11.3 Å². The summed E-state index contributed by atoms with van der Waals surface area (Å²) in [6.45, 7) is 16.6. The standard InChI is InChI=1S/C32H45N3O4S/c1-21-28(40(37)33-18-29-34-26(20-39-29)30(36)38-8)17-27(35(21)19-22-12-10-9-11-13-22)23-14-24(31(2,3)4)16-25(15-23)32(5,6)7/h14-17,20,22,33H,9-13,18-19H2,1-8H3. The van der Waals surface area contributed by atoms with Crippen LogP contribution in [0.15, 0.2) is 39.8 Å². The molecule has 0 radical (unpaired) electrons. The van der Waals surface area contributed by atoms with E-state index in [1.807, 2.05) is 0 Å². The molecular weight excluding hydrogens is 522 g/mol. The average molecular weight is 568 g/mol. The van der Waals surface area contributed by atoms with Crippen molar-refractivity contribution in [2.45, 2.75) is 109 Å². The fourth-order valence-electron chi connectivity index (χ4n) is 5.35. The number of hydrogen-bond donors (Lipinski definition) is 1. The van der Waals surface area contributed by atoms with Crippen LogP contribution in [0.2, 0.25) is 0 Å². The number of oxazole rings is 1. The molecule has 0 bridgehead atoms. The predicted molar refractivity (Wildman–Crippen MR) is 160 cm³/mol. The molecule has 1 aliphatic rings. The molecule has 7 nitrogen and oxygen atoms in total. The lowest BCUT2D eigenvalue weighted by Crippen LogP contribution is -2.19. The summed E-state index contributed by atoms with van der Waals surface area (Å²) >= 11 is 0. The Kier molecular flexibility index (Phi) is 9.10. The molecule has 1 fully saturated rings. The van der Waals surface area contributed by atoms with Crippen molar-refractivity contribution in [1.29, 1.82) is 0 Å². The minimum atomic E-state index is -1.50. The number of hydrogen-bond acceptors (Lipinski definition) is 5. The number of carbonyl (C=O) groups excluding carboxylic acids is 1. The van der Waals surface area contributed by atoms with Gasteiger partial charge in [0.05, 0.1) is 18.6 Å². The summed E-state index contributed by atoms with van der Waals surface area (Å²) in [5.41, 5.74) is 5.95. The first kappa shape index (κ1) is 30.3. The molecule has 1 unspecified atom stereocenters. The van der Waals surface area contributed by atoms with Gasteiger partial charge in [0, 0.05) is 17.9 Å². The number of rotatable bonds is 8. The maximum absolute atomic E-state index is 13.6. The van der Waals surface area contributed by atoms with E-state index >= 15 is 0 Å². The van der Waals surface area contributed by atoms with Gasteiger partial charge in [0.15, 0.2) is 5.69 Å². The lowest BCUT2D eigenvalue weighted by Gasteiger charge is -2.27. The molecule has 2 heterocycles. The third-order valence-electron chi connectivity index (χ3n) is 7.95. The number of benzene rings is 1. The Morgan fingerprint density at radius 2 is 1.68 bits per heavy atom. The summed E-state index contributed by atoms with van der Waals surface area (Å²) in [5, 5.41) is 0. The second-order valence-corrected chi connectivity index (χ2v) is 14.4. The summed E-state index contributed by atoms with van der Waals surface area (Å²) < 4.78 is 29.1. The largest absolute Gasteiger partial charge is 0.464 e. The fourth-order valence-corrected chi connectivity index (χ4v) is 6.35. The van der Waals surface area contributed by atoms with Gasteiger partial charge in [-0.15, -0.1) is 0 Å². The van der Waals surface area contributed by atoms with E-state index in [0.29, 0.717) is 5.92 Å². The molecule has 8 heteroatoms. The van der Waals surface area contributed by atoms with Gasteiger partial charge in [-0.3, -0.25) is 0 Å². The Hall–Kier alpha value is -2.71. The van der Waals surface area contributed by atoms with Crippen LogP contribution in [0.25, 0.3) is 11.3 Å². The van der Waals surface area contributed by atoms with E-state index < -0.39 is 17.0 Å². The highest BCUT2D eigenvalue weighted by molar-refractivity contribution is 7.83. The smallest absolute Gasteiger partial charge is 0.360 e. The van der Waals surface area contributed by atoms with Crippen LogP contribution in [0.3, 0.4) is 0 Å². The molecule has 1 saturated carbocycles. The highest BCUT2D eigenvalue weighted by Crippen LogP contribution is 2.37. The zero-order chi connectivity index (χ0) is 29.2. The Bertz CT molecular complexity index is 1340. The molecular formula is C32H45N3O4S. The van der Waals surface area contributed by atoms with Crippen LogP contribution in [0.1, 0.15) is 107 Å². The van der Waals surface area contributed by atoms with Crippen molar-refractivity contribution in [3.05, 3.63) is 58.9 Å². The number of nitrogens with one attached hydrogen (secondary N) is 1. The second kappa shape index (κ2) is 12.0. The zero-order valence-corrected chi connectivity index (χ0v) is 26.2. The van der Waals surface area contributed by atoms with E-state index in [1.165, 1.54) is 56.6 Å². The van der Waals surface area contributed by atoms with Crippen molar-refractivity contribution in [1.82, 2.24) is 14.3 Å². The Balaban J connectivity index is 1.72. The van der Waals surface area contributed by atoms with Crippen LogP contribution < -0.4 is 4.72 Å². The minimum absolute atomic E-state index is 0.00184. The first-order valence-corrected chi connectivity index (χ1v) is 15.5. The topological polar surface area (TPSA) is 86.4 Å². The van der Waals surface area contributed by atoms with Crippen LogP contribution in [-0.4, -0.2) is 26.8 Å². The molecule has 3 aromatic rings.